The van der Waals surface area contributed by atoms with Crippen molar-refractivity contribution in [1.82, 2.24) is 9.78 Å². The Kier molecular flexibility index (Phi) is 4.40. The summed E-state index contributed by atoms with van der Waals surface area (Å²) < 4.78 is 40.3. The number of benzene rings is 1. The van der Waals surface area contributed by atoms with E-state index in [-0.39, 0.29) is 11.7 Å². The molecule has 134 valence electrons. The van der Waals surface area contributed by atoms with E-state index in [2.05, 4.69) is 5.10 Å². The van der Waals surface area contributed by atoms with E-state index in [1.165, 1.54) is 6.07 Å². The van der Waals surface area contributed by atoms with Crippen molar-refractivity contribution in [2.45, 2.75) is 31.5 Å². The van der Waals surface area contributed by atoms with Gasteiger partial charge in [0.25, 0.3) is 5.69 Å². The lowest BCUT2D eigenvalue weighted by Crippen LogP contribution is -2.33. The standard InChI is InChI=1S/C16H17F3N4O2/c1-21-10-11(9-20-21)13-4-2-3-7-22(13)14-6-5-12(16(17,18)19)8-15(14)23(24)25/h5-6,8-10,13H,2-4,7H2,1H3/t13-/m1/s1. The summed E-state index contributed by atoms with van der Waals surface area (Å²) in [5.74, 6) is 0. The number of nitro benzene ring substituents is 1. The third kappa shape index (κ3) is 3.45. The highest BCUT2D eigenvalue weighted by Gasteiger charge is 2.35. The Labute approximate surface area is 142 Å². The smallest absolute Gasteiger partial charge is 0.359 e. The minimum atomic E-state index is -4.62. The molecule has 1 aromatic heterocycles. The lowest BCUT2D eigenvalue weighted by Gasteiger charge is -2.36. The molecule has 1 atom stereocenters. The molecule has 6 nitrogen and oxygen atoms in total. The molecule has 1 saturated heterocycles. The van der Waals surface area contributed by atoms with E-state index in [0.29, 0.717) is 12.6 Å². The maximum absolute atomic E-state index is 12.9. The predicted octanol–water partition coefficient (Wildman–Crippen LogP) is 4.08. The van der Waals surface area contributed by atoms with E-state index in [9.17, 15) is 23.3 Å². The highest BCUT2D eigenvalue weighted by atomic mass is 19.4. The fraction of sp³-hybridized carbons (Fsp3) is 0.438. The number of nitro groups is 1. The zero-order valence-corrected chi connectivity index (χ0v) is 13.5. The van der Waals surface area contributed by atoms with Gasteiger partial charge >= 0.3 is 6.18 Å². The lowest BCUT2D eigenvalue weighted by atomic mass is 9.96. The van der Waals surface area contributed by atoms with Gasteiger partial charge in [-0.2, -0.15) is 18.3 Å². The van der Waals surface area contributed by atoms with Crippen LogP contribution in [0.5, 0.6) is 0 Å². The summed E-state index contributed by atoms with van der Waals surface area (Å²) in [4.78, 5) is 12.5. The summed E-state index contributed by atoms with van der Waals surface area (Å²) in [6.07, 6.45) is 1.45. The molecule has 0 radical (unpaired) electrons. The van der Waals surface area contributed by atoms with E-state index < -0.39 is 22.4 Å². The van der Waals surface area contributed by atoms with Gasteiger partial charge in [0.15, 0.2) is 0 Å². The number of piperidine rings is 1. The van der Waals surface area contributed by atoms with Crippen LogP contribution in [0.25, 0.3) is 0 Å². The molecule has 0 amide bonds. The Hall–Kier alpha value is -2.58. The number of aromatic nitrogens is 2. The quantitative estimate of drug-likeness (QED) is 0.615. The van der Waals surface area contributed by atoms with Gasteiger partial charge in [0.2, 0.25) is 0 Å². The minimum Gasteiger partial charge on any atom is -0.359 e. The summed E-state index contributed by atoms with van der Waals surface area (Å²) in [5, 5.41) is 15.5. The van der Waals surface area contributed by atoms with Crippen molar-refractivity contribution < 1.29 is 18.1 Å². The summed E-state index contributed by atoms with van der Waals surface area (Å²) in [6, 6.07) is 2.58. The van der Waals surface area contributed by atoms with Crippen LogP contribution in [0.1, 0.15) is 36.4 Å². The molecule has 2 aromatic rings. The van der Waals surface area contributed by atoms with Gasteiger partial charge < -0.3 is 4.90 Å². The summed E-state index contributed by atoms with van der Waals surface area (Å²) >= 11 is 0. The molecule has 1 fully saturated rings. The number of halogens is 3. The number of nitrogens with zero attached hydrogens (tertiary/aromatic N) is 4. The van der Waals surface area contributed by atoms with Crippen molar-refractivity contribution in [3.63, 3.8) is 0 Å². The Morgan fingerprint density at radius 1 is 1.32 bits per heavy atom. The van der Waals surface area contributed by atoms with Gasteiger partial charge in [0.05, 0.1) is 22.7 Å². The Balaban J connectivity index is 2.04. The van der Waals surface area contributed by atoms with Crippen LogP contribution in [0, 0.1) is 10.1 Å². The molecule has 0 saturated carbocycles. The first-order chi connectivity index (χ1) is 11.8. The monoisotopic (exact) mass is 354 g/mol. The van der Waals surface area contributed by atoms with Crippen molar-refractivity contribution in [3.05, 3.63) is 51.8 Å². The first-order valence-electron chi connectivity index (χ1n) is 7.88. The fourth-order valence-corrected chi connectivity index (χ4v) is 3.27. The van der Waals surface area contributed by atoms with E-state index in [0.717, 1.165) is 30.9 Å². The van der Waals surface area contributed by atoms with Crippen LogP contribution < -0.4 is 4.90 Å². The molecule has 0 N–H and O–H groups in total. The Bertz CT molecular complexity index is 788. The topological polar surface area (TPSA) is 64.2 Å². The van der Waals surface area contributed by atoms with Crippen LogP contribution in [0.4, 0.5) is 24.5 Å². The van der Waals surface area contributed by atoms with Crippen LogP contribution in [0.3, 0.4) is 0 Å². The minimum absolute atomic E-state index is 0.141. The molecule has 1 aromatic carbocycles. The second-order valence-corrected chi connectivity index (χ2v) is 6.11. The summed E-state index contributed by atoms with van der Waals surface area (Å²) in [5.41, 5.74) is -0.425. The zero-order chi connectivity index (χ0) is 18.2. The van der Waals surface area contributed by atoms with E-state index in [1.54, 1.807) is 17.9 Å². The Morgan fingerprint density at radius 3 is 2.68 bits per heavy atom. The van der Waals surface area contributed by atoms with Crippen LogP contribution in [-0.2, 0) is 13.2 Å². The predicted molar refractivity (Wildman–Crippen MR) is 85.2 cm³/mol. The molecule has 0 bridgehead atoms. The molecule has 0 unspecified atom stereocenters. The summed E-state index contributed by atoms with van der Waals surface area (Å²) in [6.45, 7) is 0.547. The van der Waals surface area contributed by atoms with Crippen molar-refractivity contribution in [2.75, 3.05) is 11.4 Å². The van der Waals surface area contributed by atoms with Crippen LogP contribution in [-0.4, -0.2) is 21.2 Å². The maximum Gasteiger partial charge on any atom is 0.416 e. The second-order valence-electron chi connectivity index (χ2n) is 6.11. The zero-order valence-electron chi connectivity index (χ0n) is 13.5. The third-order valence-electron chi connectivity index (χ3n) is 4.42. The molecule has 25 heavy (non-hydrogen) atoms. The summed E-state index contributed by atoms with van der Waals surface area (Å²) in [7, 11) is 1.78. The highest BCUT2D eigenvalue weighted by molar-refractivity contribution is 5.66. The number of anilines is 1. The number of aryl methyl sites for hydroxylation is 1. The normalized spacial score (nSPS) is 18.4. The van der Waals surface area contributed by atoms with Crippen LogP contribution in [0.2, 0.25) is 0 Å². The van der Waals surface area contributed by atoms with Crippen LogP contribution in [0.15, 0.2) is 30.6 Å². The first kappa shape index (κ1) is 17.2. The van der Waals surface area contributed by atoms with Crippen molar-refractivity contribution in [1.29, 1.82) is 0 Å². The van der Waals surface area contributed by atoms with E-state index >= 15 is 0 Å². The largest absolute Gasteiger partial charge is 0.416 e. The van der Waals surface area contributed by atoms with Gasteiger partial charge in [0.1, 0.15) is 5.69 Å². The number of hydrogen-bond acceptors (Lipinski definition) is 4. The van der Waals surface area contributed by atoms with Crippen LogP contribution >= 0.6 is 0 Å². The fourth-order valence-electron chi connectivity index (χ4n) is 3.27. The van der Waals surface area contributed by atoms with Crippen molar-refractivity contribution in [2.24, 2.45) is 7.05 Å². The molecule has 9 heteroatoms. The average molecular weight is 354 g/mol. The first-order valence-corrected chi connectivity index (χ1v) is 7.88. The molecule has 1 aliphatic rings. The van der Waals surface area contributed by atoms with Crippen molar-refractivity contribution in [3.8, 4) is 0 Å². The second kappa shape index (κ2) is 6.38. The van der Waals surface area contributed by atoms with E-state index in [1.807, 2.05) is 11.1 Å². The van der Waals surface area contributed by atoms with Gasteiger partial charge in [-0.3, -0.25) is 14.8 Å². The van der Waals surface area contributed by atoms with Gasteiger partial charge in [-0.15, -0.1) is 0 Å². The van der Waals surface area contributed by atoms with Gasteiger partial charge in [-0.1, -0.05) is 0 Å². The molecule has 3 rings (SSSR count). The number of alkyl halides is 3. The highest BCUT2D eigenvalue weighted by Crippen LogP contribution is 2.41. The number of hydrogen-bond donors (Lipinski definition) is 0. The SMILES string of the molecule is Cn1cc([C@H]2CCCCN2c2ccc(C(F)(F)F)cc2[N+](=O)[O-])cn1. The van der Waals surface area contributed by atoms with Gasteiger partial charge in [-0.05, 0) is 31.4 Å². The molecule has 0 aliphatic carbocycles. The molecule has 2 heterocycles. The number of rotatable bonds is 3. The molecular formula is C16H17F3N4O2. The van der Waals surface area contributed by atoms with Gasteiger partial charge in [0, 0.05) is 31.4 Å². The molecule has 0 spiro atoms. The van der Waals surface area contributed by atoms with Gasteiger partial charge in [-0.25, -0.2) is 0 Å². The molecule has 1 aliphatic heterocycles. The Morgan fingerprint density at radius 2 is 2.08 bits per heavy atom. The average Bonchev–Trinajstić information content (AvgIpc) is 3.00. The lowest BCUT2D eigenvalue weighted by molar-refractivity contribution is -0.384. The molecular weight excluding hydrogens is 337 g/mol. The third-order valence-corrected chi connectivity index (χ3v) is 4.42. The maximum atomic E-state index is 12.9. The van der Waals surface area contributed by atoms with Crippen molar-refractivity contribution >= 4 is 11.4 Å². The van der Waals surface area contributed by atoms with E-state index in [4.69, 9.17) is 0 Å².